The maximum absolute atomic E-state index is 14.5. The molecule has 0 bridgehead atoms. The second-order valence-electron chi connectivity index (χ2n) is 9.92. The summed E-state index contributed by atoms with van der Waals surface area (Å²) in [6, 6.07) is 6.81. The van der Waals surface area contributed by atoms with Gasteiger partial charge in [0.15, 0.2) is 5.78 Å². The minimum Gasteiger partial charge on any atom is -0.456 e. The Morgan fingerprint density at radius 2 is 1.78 bits per heavy atom. The Hall–Kier alpha value is -3.45. The van der Waals surface area contributed by atoms with Gasteiger partial charge in [0.2, 0.25) is 5.91 Å². The lowest BCUT2D eigenvalue weighted by Gasteiger charge is -2.30. The Kier molecular flexibility index (Phi) is 6.33. The lowest BCUT2D eigenvalue weighted by molar-refractivity contribution is -0.161. The number of hydrogen-bond donors (Lipinski definition) is 2. The lowest BCUT2D eigenvalue weighted by atomic mass is 9.96. The summed E-state index contributed by atoms with van der Waals surface area (Å²) in [4.78, 5) is 24.6. The van der Waals surface area contributed by atoms with E-state index in [2.05, 4.69) is 10.6 Å². The number of nitrogens with zero attached hydrogens (tertiary/aromatic N) is 1. The molecular formula is C26H25F4N3O3. The molecule has 1 fully saturated rings. The van der Waals surface area contributed by atoms with E-state index in [4.69, 9.17) is 4.42 Å². The normalized spacial score (nSPS) is 16.9. The Morgan fingerprint density at radius 1 is 1.08 bits per heavy atom. The van der Waals surface area contributed by atoms with Crippen LogP contribution >= 0.6 is 0 Å². The van der Waals surface area contributed by atoms with Gasteiger partial charge in [-0.05, 0) is 63.4 Å². The maximum atomic E-state index is 14.5. The van der Waals surface area contributed by atoms with Crippen molar-refractivity contribution in [2.24, 2.45) is 0 Å². The van der Waals surface area contributed by atoms with Gasteiger partial charge in [0, 0.05) is 22.8 Å². The Morgan fingerprint density at radius 3 is 2.33 bits per heavy atom. The number of nitriles is 1. The first-order valence-electron chi connectivity index (χ1n) is 11.4. The number of hydrogen-bond acceptors (Lipinski definition) is 5. The number of rotatable bonds is 8. The molecule has 0 radical (unpaired) electrons. The molecule has 36 heavy (non-hydrogen) atoms. The molecule has 4 rings (SSSR count). The van der Waals surface area contributed by atoms with Gasteiger partial charge in [-0.15, -0.1) is 0 Å². The quantitative estimate of drug-likeness (QED) is 0.306. The second kappa shape index (κ2) is 8.89. The van der Waals surface area contributed by atoms with Gasteiger partial charge < -0.3 is 9.73 Å². The first kappa shape index (κ1) is 25.6. The van der Waals surface area contributed by atoms with E-state index in [1.54, 1.807) is 18.2 Å². The van der Waals surface area contributed by atoms with Crippen molar-refractivity contribution in [2.45, 2.75) is 69.5 Å². The van der Waals surface area contributed by atoms with E-state index >= 15 is 0 Å². The summed E-state index contributed by atoms with van der Waals surface area (Å²) in [5, 5.41) is 15.1. The Bertz CT molecular complexity index is 1380. The lowest BCUT2D eigenvalue weighted by Crippen LogP contribution is -2.53. The molecule has 1 aliphatic carbocycles. The van der Waals surface area contributed by atoms with Gasteiger partial charge in [0.1, 0.15) is 28.4 Å². The van der Waals surface area contributed by atoms with Crippen molar-refractivity contribution >= 4 is 33.6 Å². The van der Waals surface area contributed by atoms with Crippen molar-refractivity contribution in [1.82, 2.24) is 10.6 Å². The number of amides is 1. The van der Waals surface area contributed by atoms with Crippen LogP contribution in [0.15, 0.2) is 40.8 Å². The molecule has 0 aliphatic heterocycles. The highest BCUT2D eigenvalue weighted by molar-refractivity contribution is 6.08. The third-order valence-corrected chi connectivity index (χ3v) is 6.26. The van der Waals surface area contributed by atoms with Gasteiger partial charge in [-0.25, -0.2) is 4.39 Å². The van der Waals surface area contributed by atoms with Gasteiger partial charge in [-0.1, -0.05) is 12.1 Å². The van der Waals surface area contributed by atoms with E-state index in [0.717, 1.165) is 0 Å². The number of Topliss-reactive ketones (excluding diaryl/α,β-unsaturated/α-hetero) is 1. The number of fused-ring (bicyclic) bond motifs is 3. The number of alkyl halides is 4. The zero-order valence-corrected chi connectivity index (χ0v) is 19.9. The smallest absolute Gasteiger partial charge is 0.407 e. The van der Waals surface area contributed by atoms with Gasteiger partial charge in [0.25, 0.3) is 0 Å². The summed E-state index contributed by atoms with van der Waals surface area (Å²) in [6.45, 7) is 3.75. The average molecular weight is 503 g/mol. The fourth-order valence-corrected chi connectivity index (χ4v) is 4.20. The van der Waals surface area contributed by atoms with Crippen molar-refractivity contribution < 1.29 is 31.6 Å². The highest BCUT2D eigenvalue weighted by Gasteiger charge is 2.48. The molecule has 1 amide bonds. The van der Waals surface area contributed by atoms with Crippen LogP contribution < -0.4 is 10.6 Å². The molecule has 6 nitrogen and oxygen atoms in total. The summed E-state index contributed by atoms with van der Waals surface area (Å²) in [6.07, 6.45) is -4.59. The summed E-state index contributed by atoms with van der Waals surface area (Å²) < 4.78 is 62.9. The number of carbonyl (C=O) groups excluding carboxylic acids is 2. The largest absolute Gasteiger partial charge is 0.456 e. The molecule has 190 valence electrons. The number of furan rings is 1. The fourth-order valence-electron chi connectivity index (χ4n) is 4.20. The molecular weight excluding hydrogens is 478 g/mol. The predicted octanol–water partition coefficient (Wildman–Crippen LogP) is 5.66. The topological polar surface area (TPSA) is 95.1 Å². The molecule has 10 heteroatoms. The Balaban J connectivity index is 1.70. The molecule has 1 heterocycles. The number of benzene rings is 2. The third-order valence-electron chi connectivity index (χ3n) is 6.26. The van der Waals surface area contributed by atoms with Crippen molar-refractivity contribution in [3.63, 3.8) is 0 Å². The number of ketones is 1. The van der Waals surface area contributed by atoms with E-state index in [1.165, 1.54) is 39.0 Å². The molecule has 2 aromatic carbocycles. The highest BCUT2D eigenvalue weighted by atomic mass is 19.4. The van der Waals surface area contributed by atoms with Crippen LogP contribution in [-0.4, -0.2) is 35.1 Å². The summed E-state index contributed by atoms with van der Waals surface area (Å²) >= 11 is 0. The van der Waals surface area contributed by atoms with Gasteiger partial charge in [-0.3, -0.25) is 14.9 Å². The summed E-state index contributed by atoms with van der Waals surface area (Å²) in [5.41, 5.74) is -2.27. The Labute approximate surface area is 204 Å². The van der Waals surface area contributed by atoms with E-state index in [9.17, 15) is 32.4 Å². The van der Waals surface area contributed by atoms with Crippen molar-refractivity contribution in [3.05, 3.63) is 47.5 Å². The van der Waals surface area contributed by atoms with E-state index in [-0.39, 0.29) is 16.9 Å². The highest BCUT2D eigenvalue weighted by Crippen LogP contribution is 2.38. The van der Waals surface area contributed by atoms with Gasteiger partial charge >= 0.3 is 6.18 Å². The molecule has 0 spiro atoms. The zero-order valence-electron chi connectivity index (χ0n) is 19.9. The van der Waals surface area contributed by atoms with E-state index in [1.807, 2.05) is 6.07 Å². The number of carbonyl (C=O) groups is 2. The fraction of sp³-hybridized carbons (Fsp3) is 0.423. The molecule has 1 saturated carbocycles. The monoisotopic (exact) mass is 503 g/mol. The van der Waals surface area contributed by atoms with Crippen LogP contribution in [0.1, 0.15) is 62.0 Å². The molecule has 0 saturated heterocycles. The summed E-state index contributed by atoms with van der Waals surface area (Å²) in [7, 11) is 0. The number of nitrogens with one attached hydrogen (secondary N) is 2. The standard InChI is InChI=1S/C26H25F4N3O3/c1-14(34)15-5-7-20-18(10-15)17-6-4-16(11-21(17)36-20)22(26(28,29)30)32-19(12-24(2,3)27)23(35)33-25(13-31)8-9-25/h4-7,10-11,19,22,32H,8-9,12H2,1-3H3,(H,33,35)/t19-,22-/m0/s1. The zero-order chi connectivity index (χ0) is 26.5. The first-order chi connectivity index (χ1) is 16.7. The van der Waals surface area contributed by atoms with E-state index < -0.39 is 41.8 Å². The van der Waals surface area contributed by atoms with Crippen LogP contribution in [0, 0.1) is 11.3 Å². The molecule has 0 unspecified atom stereocenters. The van der Waals surface area contributed by atoms with Crippen LogP contribution in [0.25, 0.3) is 21.9 Å². The van der Waals surface area contributed by atoms with Crippen LogP contribution in [0.5, 0.6) is 0 Å². The van der Waals surface area contributed by atoms with Crippen LogP contribution in [0.3, 0.4) is 0 Å². The predicted molar refractivity (Wildman–Crippen MR) is 125 cm³/mol. The van der Waals surface area contributed by atoms with E-state index in [0.29, 0.717) is 34.8 Å². The van der Waals surface area contributed by atoms with Crippen molar-refractivity contribution in [1.29, 1.82) is 5.26 Å². The SMILES string of the molecule is CC(=O)c1ccc2oc3cc([C@H](N[C@@H](CC(C)(C)F)C(=O)NC4(C#N)CC4)C(F)(F)F)ccc3c2c1. The third kappa shape index (κ3) is 5.36. The second-order valence-corrected chi connectivity index (χ2v) is 9.92. The van der Waals surface area contributed by atoms with Gasteiger partial charge in [0.05, 0.1) is 12.1 Å². The molecule has 3 aromatic rings. The molecule has 2 N–H and O–H groups in total. The minimum absolute atomic E-state index is 0.159. The van der Waals surface area contributed by atoms with Crippen LogP contribution in [0.4, 0.5) is 17.6 Å². The maximum Gasteiger partial charge on any atom is 0.407 e. The van der Waals surface area contributed by atoms with Gasteiger partial charge in [-0.2, -0.15) is 18.4 Å². The first-order valence-corrected chi connectivity index (χ1v) is 11.4. The van der Waals surface area contributed by atoms with Crippen LogP contribution in [0.2, 0.25) is 0 Å². The number of halogens is 4. The summed E-state index contributed by atoms with van der Waals surface area (Å²) in [5.74, 6) is -1.02. The van der Waals surface area contributed by atoms with Crippen molar-refractivity contribution in [3.8, 4) is 6.07 Å². The van der Waals surface area contributed by atoms with Crippen LogP contribution in [-0.2, 0) is 4.79 Å². The molecule has 1 aromatic heterocycles. The average Bonchev–Trinajstić information content (AvgIpc) is 3.45. The van der Waals surface area contributed by atoms with Crippen molar-refractivity contribution in [2.75, 3.05) is 0 Å². The molecule has 1 aliphatic rings. The molecule has 2 atom stereocenters. The minimum atomic E-state index is -4.83.